The van der Waals surface area contributed by atoms with E-state index in [0.29, 0.717) is 5.41 Å². The lowest BCUT2D eigenvalue weighted by Gasteiger charge is -2.28. The maximum Gasteiger partial charge on any atom is 0.00923 e. The predicted molar refractivity (Wildman–Crippen MR) is 55.5 cm³/mol. The van der Waals surface area contributed by atoms with Crippen LogP contribution in [0.1, 0.15) is 32.6 Å². The third-order valence-corrected chi connectivity index (χ3v) is 3.97. The normalized spacial score (nSPS) is 27.7. The van der Waals surface area contributed by atoms with Gasteiger partial charge in [-0.2, -0.15) is 0 Å². The molecule has 2 saturated carbocycles. The van der Waals surface area contributed by atoms with Crippen LogP contribution in [0.5, 0.6) is 0 Å². The van der Waals surface area contributed by atoms with Crippen molar-refractivity contribution in [3.8, 4) is 0 Å². The number of rotatable bonds is 5. The molecule has 2 N–H and O–H groups in total. The number of hydrogen-bond acceptors (Lipinski definition) is 2. The standard InChI is InChI=1S/C11H22N2/c1-9(10-3-4-10)13(2)8-11(7-12)5-6-11/h9-10H,3-8,12H2,1-2H3. The van der Waals surface area contributed by atoms with Crippen LogP contribution in [-0.2, 0) is 0 Å². The van der Waals surface area contributed by atoms with E-state index in [9.17, 15) is 0 Å². The average molecular weight is 182 g/mol. The second-order valence-electron chi connectivity index (χ2n) is 5.20. The lowest BCUT2D eigenvalue weighted by Crippen LogP contribution is -2.38. The van der Waals surface area contributed by atoms with Crippen molar-refractivity contribution in [1.29, 1.82) is 0 Å². The van der Waals surface area contributed by atoms with Gasteiger partial charge in [0, 0.05) is 12.6 Å². The van der Waals surface area contributed by atoms with Crippen LogP contribution in [0.4, 0.5) is 0 Å². The smallest absolute Gasteiger partial charge is 0.00923 e. The van der Waals surface area contributed by atoms with Gasteiger partial charge in [0.1, 0.15) is 0 Å². The molecule has 0 amide bonds. The fraction of sp³-hybridized carbons (Fsp3) is 1.00. The molecule has 0 aromatic carbocycles. The molecule has 2 heteroatoms. The Balaban J connectivity index is 1.79. The fourth-order valence-electron chi connectivity index (χ4n) is 2.22. The Morgan fingerprint density at radius 3 is 2.46 bits per heavy atom. The lowest BCUT2D eigenvalue weighted by molar-refractivity contribution is 0.192. The highest BCUT2D eigenvalue weighted by Gasteiger charge is 2.43. The molecule has 0 saturated heterocycles. The second-order valence-corrected chi connectivity index (χ2v) is 5.20. The second kappa shape index (κ2) is 3.25. The van der Waals surface area contributed by atoms with Crippen LogP contribution in [0.3, 0.4) is 0 Å². The van der Waals surface area contributed by atoms with E-state index in [4.69, 9.17) is 5.73 Å². The zero-order valence-corrected chi connectivity index (χ0v) is 8.92. The van der Waals surface area contributed by atoms with E-state index in [0.717, 1.165) is 18.5 Å². The molecule has 1 unspecified atom stereocenters. The zero-order chi connectivity index (χ0) is 9.47. The highest BCUT2D eigenvalue weighted by Crippen LogP contribution is 2.46. The largest absolute Gasteiger partial charge is 0.330 e. The molecule has 2 aliphatic carbocycles. The Hall–Kier alpha value is -0.0800. The molecule has 0 aliphatic heterocycles. The van der Waals surface area contributed by atoms with Crippen molar-refractivity contribution in [1.82, 2.24) is 4.90 Å². The Kier molecular flexibility index (Phi) is 2.37. The quantitative estimate of drug-likeness (QED) is 0.697. The molecule has 0 bridgehead atoms. The molecule has 1 atom stereocenters. The number of nitrogens with zero attached hydrogens (tertiary/aromatic N) is 1. The Bertz CT molecular complexity index is 183. The third-order valence-electron chi connectivity index (χ3n) is 3.97. The monoisotopic (exact) mass is 182 g/mol. The van der Waals surface area contributed by atoms with Gasteiger partial charge in [0.05, 0.1) is 0 Å². The minimum atomic E-state index is 0.512. The average Bonchev–Trinajstić information content (AvgIpc) is 2.99. The van der Waals surface area contributed by atoms with Crippen LogP contribution in [0.15, 0.2) is 0 Å². The Morgan fingerprint density at radius 1 is 1.46 bits per heavy atom. The van der Waals surface area contributed by atoms with Crippen molar-refractivity contribution in [2.24, 2.45) is 17.1 Å². The van der Waals surface area contributed by atoms with Gasteiger partial charge >= 0.3 is 0 Å². The van der Waals surface area contributed by atoms with Gasteiger partial charge in [-0.15, -0.1) is 0 Å². The molecule has 2 aliphatic rings. The van der Waals surface area contributed by atoms with Crippen molar-refractivity contribution in [2.75, 3.05) is 20.1 Å². The van der Waals surface area contributed by atoms with E-state index in [-0.39, 0.29) is 0 Å². The lowest BCUT2D eigenvalue weighted by atomic mass is 10.1. The van der Waals surface area contributed by atoms with Crippen molar-refractivity contribution in [2.45, 2.75) is 38.6 Å². The molecule has 13 heavy (non-hydrogen) atoms. The summed E-state index contributed by atoms with van der Waals surface area (Å²) in [6, 6.07) is 0.782. The molecule has 2 nitrogen and oxygen atoms in total. The minimum absolute atomic E-state index is 0.512. The third kappa shape index (κ3) is 2.05. The summed E-state index contributed by atoms with van der Waals surface area (Å²) >= 11 is 0. The summed E-state index contributed by atoms with van der Waals surface area (Å²) in [7, 11) is 2.26. The highest BCUT2D eigenvalue weighted by molar-refractivity contribution is 4.97. The van der Waals surface area contributed by atoms with E-state index in [1.54, 1.807) is 0 Å². The maximum atomic E-state index is 5.78. The highest BCUT2D eigenvalue weighted by atomic mass is 15.1. The molecule has 0 heterocycles. The molecule has 0 spiro atoms. The first kappa shape index (κ1) is 9.47. The molecular weight excluding hydrogens is 160 g/mol. The minimum Gasteiger partial charge on any atom is -0.330 e. The van der Waals surface area contributed by atoms with Crippen molar-refractivity contribution in [3.05, 3.63) is 0 Å². The van der Waals surface area contributed by atoms with Crippen LogP contribution in [-0.4, -0.2) is 31.1 Å². The van der Waals surface area contributed by atoms with Gasteiger partial charge in [0.2, 0.25) is 0 Å². The van der Waals surface area contributed by atoms with Crippen LogP contribution in [0.2, 0.25) is 0 Å². The molecule has 2 fully saturated rings. The maximum absolute atomic E-state index is 5.78. The molecule has 0 aromatic heterocycles. The van der Waals surface area contributed by atoms with Gasteiger partial charge < -0.3 is 10.6 Å². The summed E-state index contributed by atoms with van der Waals surface area (Å²) < 4.78 is 0. The summed E-state index contributed by atoms with van der Waals surface area (Å²) in [6.45, 7) is 4.47. The van der Waals surface area contributed by atoms with Gasteiger partial charge in [-0.05, 0) is 57.5 Å². The number of hydrogen-bond donors (Lipinski definition) is 1. The van der Waals surface area contributed by atoms with E-state index in [1.807, 2.05) is 0 Å². The Morgan fingerprint density at radius 2 is 2.08 bits per heavy atom. The Labute approximate surface area is 81.5 Å². The van der Waals surface area contributed by atoms with Crippen LogP contribution in [0, 0.1) is 11.3 Å². The SMILES string of the molecule is CC(C1CC1)N(C)CC1(CN)CC1. The molecule has 2 rings (SSSR count). The summed E-state index contributed by atoms with van der Waals surface area (Å²) in [5.41, 5.74) is 6.29. The van der Waals surface area contributed by atoms with Gasteiger partial charge in [0.15, 0.2) is 0 Å². The van der Waals surface area contributed by atoms with E-state index < -0.39 is 0 Å². The predicted octanol–water partition coefficient (Wildman–Crippen LogP) is 1.46. The topological polar surface area (TPSA) is 29.3 Å². The molecule has 0 radical (unpaired) electrons. The molecule has 76 valence electrons. The van der Waals surface area contributed by atoms with Gasteiger partial charge in [-0.3, -0.25) is 0 Å². The number of nitrogens with two attached hydrogens (primary N) is 1. The van der Waals surface area contributed by atoms with Gasteiger partial charge in [-0.1, -0.05) is 0 Å². The van der Waals surface area contributed by atoms with Crippen molar-refractivity contribution < 1.29 is 0 Å². The van der Waals surface area contributed by atoms with E-state index in [2.05, 4.69) is 18.9 Å². The summed E-state index contributed by atoms with van der Waals surface area (Å²) in [6.07, 6.45) is 5.60. The van der Waals surface area contributed by atoms with Gasteiger partial charge in [-0.25, -0.2) is 0 Å². The summed E-state index contributed by atoms with van der Waals surface area (Å²) in [5, 5.41) is 0. The molecule has 0 aromatic rings. The molecular formula is C11H22N2. The van der Waals surface area contributed by atoms with E-state index >= 15 is 0 Å². The first-order valence-corrected chi connectivity index (χ1v) is 5.57. The fourth-order valence-corrected chi connectivity index (χ4v) is 2.22. The summed E-state index contributed by atoms with van der Waals surface area (Å²) in [5.74, 6) is 0.985. The first-order chi connectivity index (χ1) is 6.17. The van der Waals surface area contributed by atoms with Crippen molar-refractivity contribution in [3.63, 3.8) is 0 Å². The van der Waals surface area contributed by atoms with Crippen LogP contribution in [0.25, 0.3) is 0 Å². The van der Waals surface area contributed by atoms with Crippen LogP contribution < -0.4 is 5.73 Å². The van der Waals surface area contributed by atoms with Gasteiger partial charge in [0.25, 0.3) is 0 Å². The first-order valence-electron chi connectivity index (χ1n) is 5.57. The van der Waals surface area contributed by atoms with Crippen LogP contribution >= 0.6 is 0 Å². The van der Waals surface area contributed by atoms with E-state index in [1.165, 1.54) is 32.2 Å². The summed E-state index contributed by atoms with van der Waals surface area (Å²) in [4.78, 5) is 2.53. The van der Waals surface area contributed by atoms with Crippen molar-refractivity contribution >= 4 is 0 Å². The zero-order valence-electron chi connectivity index (χ0n) is 8.92.